The topological polar surface area (TPSA) is 85.5 Å². The van der Waals surface area contributed by atoms with Crippen molar-refractivity contribution < 1.29 is 9.47 Å². The van der Waals surface area contributed by atoms with Gasteiger partial charge in [-0.15, -0.1) is 5.10 Å². The number of anilines is 2. The van der Waals surface area contributed by atoms with Gasteiger partial charge in [0.15, 0.2) is 5.75 Å². The molecule has 0 unspecified atom stereocenters. The van der Waals surface area contributed by atoms with Gasteiger partial charge >= 0.3 is 0 Å². The lowest BCUT2D eigenvalue weighted by molar-refractivity contribution is 0.0845. The number of hydrazine groups is 1. The molecule has 1 aliphatic rings. The molecule has 0 radical (unpaired) electrons. The van der Waals surface area contributed by atoms with Crippen LogP contribution in [0.5, 0.6) is 5.75 Å². The predicted octanol–water partition coefficient (Wildman–Crippen LogP) is 2.77. The molecule has 0 saturated heterocycles. The number of fused-ring (bicyclic) bond motifs is 1. The van der Waals surface area contributed by atoms with Gasteiger partial charge in [0.05, 0.1) is 19.3 Å². The fourth-order valence-corrected chi connectivity index (χ4v) is 3.36. The second-order valence-corrected chi connectivity index (χ2v) is 6.46. The highest BCUT2D eigenvalue weighted by molar-refractivity contribution is 5.68. The van der Waals surface area contributed by atoms with Crippen LogP contribution in [0.2, 0.25) is 0 Å². The van der Waals surface area contributed by atoms with Crippen molar-refractivity contribution in [3.8, 4) is 5.75 Å². The maximum atomic E-state index is 6.33. The van der Waals surface area contributed by atoms with E-state index in [2.05, 4.69) is 44.8 Å². The predicted molar refractivity (Wildman–Crippen MR) is 108 cm³/mol. The lowest BCUT2D eigenvalue weighted by Gasteiger charge is -2.31. The first-order valence-electron chi connectivity index (χ1n) is 9.28. The summed E-state index contributed by atoms with van der Waals surface area (Å²) < 4.78 is 12.0. The molecule has 0 bridgehead atoms. The Kier molecular flexibility index (Phi) is 5.65. The third kappa shape index (κ3) is 3.90. The number of benzene rings is 2. The highest BCUT2D eigenvalue weighted by Crippen LogP contribution is 2.35. The van der Waals surface area contributed by atoms with Gasteiger partial charge in [-0.2, -0.15) is 5.10 Å². The largest absolute Gasteiger partial charge is 0.486 e. The van der Waals surface area contributed by atoms with Crippen LogP contribution in [0.15, 0.2) is 66.9 Å². The van der Waals surface area contributed by atoms with E-state index in [9.17, 15) is 0 Å². The maximum absolute atomic E-state index is 6.33. The summed E-state index contributed by atoms with van der Waals surface area (Å²) in [6, 6.07) is 20.5. The van der Waals surface area contributed by atoms with Crippen molar-refractivity contribution in [3.05, 3.63) is 78.0 Å². The van der Waals surface area contributed by atoms with Gasteiger partial charge in [-0.25, -0.2) is 5.84 Å². The van der Waals surface area contributed by atoms with Crippen molar-refractivity contribution >= 4 is 11.5 Å². The highest BCUT2D eigenvalue weighted by Gasteiger charge is 2.23. The van der Waals surface area contributed by atoms with Crippen molar-refractivity contribution in [2.45, 2.75) is 6.10 Å². The summed E-state index contributed by atoms with van der Waals surface area (Å²) in [6.07, 6.45) is 1.58. The lowest BCUT2D eigenvalue weighted by Crippen LogP contribution is -2.36. The van der Waals surface area contributed by atoms with Crippen LogP contribution in [0, 0.1) is 0 Å². The lowest BCUT2D eigenvalue weighted by atomic mass is 10.0. The van der Waals surface area contributed by atoms with Gasteiger partial charge in [-0.1, -0.05) is 60.7 Å². The maximum Gasteiger partial charge on any atom is 0.207 e. The second kappa shape index (κ2) is 8.69. The van der Waals surface area contributed by atoms with Crippen LogP contribution in [0.3, 0.4) is 0 Å². The molecule has 0 fully saturated rings. The molecule has 2 heterocycles. The van der Waals surface area contributed by atoms with Gasteiger partial charge in [-0.3, -0.25) is 0 Å². The van der Waals surface area contributed by atoms with Crippen LogP contribution in [0.4, 0.5) is 11.5 Å². The molecule has 0 spiro atoms. The van der Waals surface area contributed by atoms with E-state index in [1.807, 2.05) is 36.4 Å². The summed E-state index contributed by atoms with van der Waals surface area (Å²) in [4.78, 5) is 2.18. The molecule has 3 aromatic rings. The average molecular weight is 377 g/mol. The smallest absolute Gasteiger partial charge is 0.207 e. The zero-order valence-electron chi connectivity index (χ0n) is 15.5. The minimum atomic E-state index is -0.111. The summed E-state index contributed by atoms with van der Waals surface area (Å²) in [5.41, 5.74) is 5.68. The van der Waals surface area contributed by atoms with E-state index in [4.69, 9.17) is 15.3 Å². The Balaban J connectivity index is 1.48. The van der Waals surface area contributed by atoms with E-state index >= 15 is 0 Å². The first kappa shape index (κ1) is 18.2. The van der Waals surface area contributed by atoms with Crippen LogP contribution in [-0.4, -0.2) is 36.5 Å². The summed E-state index contributed by atoms with van der Waals surface area (Å²) in [6.45, 7) is 2.59. The summed E-state index contributed by atoms with van der Waals surface area (Å²) in [5.74, 6) is 6.58. The van der Waals surface area contributed by atoms with Crippen molar-refractivity contribution in [2.24, 2.45) is 5.84 Å². The van der Waals surface area contributed by atoms with E-state index in [0.29, 0.717) is 31.3 Å². The number of aromatic nitrogens is 2. The van der Waals surface area contributed by atoms with E-state index < -0.39 is 0 Å². The summed E-state index contributed by atoms with van der Waals surface area (Å²) in [5, 5.41) is 7.97. The first-order valence-corrected chi connectivity index (χ1v) is 9.28. The van der Waals surface area contributed by atoms with Crippen LogP contribution < -0.4 is 20.9 Å². The number of rotatable bonds is 7. The van der Waals surface area contributed by atoms with Gasteiger partial charge in [0.2, 0.25) is 5.82 Å². The first-order chi connectivity index (χ1) is 13.9. The Morgan fingerprint density at radius 3 is 2.39 bits per heavy atom. The van der Waals surface area contributed by atoms with E-state index in [1.54, 1.807) is 6.20 Å². The molecule has 1 aliphatic heterocycles. The number of nitrogen functional groups attached to an aromatic ring is 1. The number of nitrogens with zero attached hydrogens (tertiary/aromatic N) is 3. The highest BCUT2D eigenvalue weighted by atomic mass is 16.5. The summed E-state index contributed by atoms with van der Waals surface area (Å²) >= 11 is 0. The Morgan fingerprint density at radius 1 is 1.07 bits per heavy atom. The molecule has 7 nitrogen and oxygen atoms in total. The second-order valence-electron chi connectivity index (χ2n) is 6.46. The Morgan fingerprint density at radius 2 is 1.75 bits per heavy atom. The van der Waals surface area contributed by atoms with E-state index in [0.717, 1.165) is 23.4 Å². The number of ether oxygens (including phenoxy) is 2. The molecule has 144 valence electrons. The van der Waals surface area contributed by atoms with Crippen LogP contribution in [0.1, 0.15) is 17.2 Å². The molecule has 0 amide bonds. The Bertz CT molecular complexity index is 852. The minimum Gasteiger partial charge on any atom is -0.486 e. The van der Waals surface area contributed by atoms with Crippen molar-refractivity contribution in [1.82, 2.24) is 10.2 Å². The Labute approximate surface area is 164 Å². The Hall–Kier alpha value is -3.16. The van der Waals surface area contributed by atoms with Gasteiger partial charge in [0.25, 0.3) is 0 Å². The number of nitrogens with two attached hydrogens (primary N) is 1. The molecule has 0 saturated carbocycles. The third-order valence-electron chi connectivity index (χ3n) is 4.72. The molecule has 4 rings (SSSR count). The zero-order valence-corrected chi connectivity index (χ0v) is 15.5. The van der Waals surface area contributed by atoms with Crippen molar-refractivity contribution in [2.75, 3.05) is 36.6 Å². The molecule has 3 N–H and O–H groups in total. The van der Waals surface area contributed by atoms with E-state index in [1.165, 1.54) is 0 Å². The van der Waals surface area contributed by atoms with Crippen LogP contribution >= 0.6 is 0 Å². The number of hydrogen-bond donors (Lipinski definition) is 2. The molecule has 0 aliphatic carbocycles. The van der Waals surface area contributed by atoms with Crippen LogP contribution in [-0.2, 0) is 4.74 Å². The fourth-order valence-electron chi connectivity index (χ4n) is 3.36. The monoisotopic (exact) mass is 377 g/mol. The SMILES string of the molecule is NNc1nncc2c1OCCN2CCOC(c1ccccc1)c1ccccc1. The number of nitrogens with one attached hydrogen (secondary N) is 1. The van der Waals surface area contributed by atoms with Gasteiger partial charge in [-0.05, 0) is 11.1 Å². The molecule has 0 atom stereocenters. The van der Waals surface area contributed by atoms with Gasteiger partial charge in [0, 0.05) is 6.54 Å². The third-order valence-corrected chi connectivity index (χ3v) is 4.72. The van der Waals surface area contributed by atoms with Gasteiger partial charge in [0.1, 0.15) is 18.4 Å². The average Bonchev–Trinajstić information content (AvgIpc) is 2.77. The van der Waals surface area contributed by atoms with E-state index in [-0.39, 0.29) is 6.10 Å². The van der Waals surface area contributed by atoms with Gasteiger partial charge < -0.3 is 19.8 Å². The molecular weight excluding hydrogens is 354 g/mol. The quantitative estimate of drug-likeness (QED) is 0.484. The molecular formula is C21H23N5O2. The normalized spacial score (nSPS) is 13.1. The molecule has 2 aromatic carbocycles. The minimum absolute atomic E-state index is 0.111. The summed E-state index contributed by atoms with van der Waals surface area (Å²) in [7, 11) is 0. The fraction of sp³-hybridized carbons (Fsp3) is 0.238. The number of hydrogen-bond acceptors (Lipinski definition) is 7. The molecule has 28 heavy (non-hydrogen) atoms. The zero-order chi connectivity index (χ0) is 19.2. The van der Waals surface area contributed by atoms with Crippen molar-refractivity contribution in [3.63, 3.8) is 0 Å². The van der Waals surface area contributed by atoms with Crippen molar-refractivity contribution in [1.29, 1.82) is 0 Å². The molecule has 7 heteroatoms. The molecule has 1 aromatic heterocycles. The standard InChI is InChI=1S/C21H23N5O2/c22-24-21-20-18(15-23-25-21)26(12-14-28-20)11-13-27-19(16-7-3-1-4-8-16)17-9-5-2-6-10-17/h1-10,15,19H,11-14,22H2,(H,24,25). The van der Waals surface area contributed by atoms with Crippen LogP contribution in [0.25, 0.3) is 0 Å².